The zero-order valence-electron chi connectivity index (χ0n) is 23.2. The Morgan fingerprint density at radius 2 is 1.05 bits per heavy atom. The Hall–Kier alpha value is -3.05. The quantitative estimate of drug-likeness (QED) is 0.155. The molecule has 0 saturated heterocycles. The van der Waals surface area contributed by atoms with Gasteiger partial charge in [0.1, 0.15) is 0 Å². The molecule has 6 rings (SSSR count). The van der Waals surface area contributed by atoms with Crippen molar-refractivity contribution in [1.29, 1.82) is 0 Å². The molecule has 1 saturated carbocycles. The number of para-hydroxylation sites is 2. The maximum atomic E-state index is 6.36. The first-order chi connectivity index (χ1) is 19.8. The normalized spacial score (nSPS) is 15.8. The van der Waals surface area contributed by atoms with Crippen LogP contribution in [0.1, 0.15) is 36.8 Å². The van der Waals surface area contributed by atoms with Gasteiger partial charge in [-0.25, -0.2) is 0 Å². The summed E-state index contributed by atoms with van der Waals surface area (Å²) >= 11 is 1.88. The monoisotopic (exact) mass is 549 g/mol. The Balaban J connectivity index is 1.08. The summed E-state index contributed by atoms with van der Waals surface area (Å²) in [6.45, 7) is 3.12. The van der Waals surface area contributed by atoms with E-state index in [-0.39, 0.29) is 5.41 Å². The van der Waals surface area contributed by atoms with Gasteiger partial charge in [-0.3, -0.25) is 0 Å². The van der Waals surface area contributed by atoms with Crippen molar-refractivity contribution < 1.29 is 9.47 Å². The molecule has 0 radical (unpaired) electrons. The Labute approximate surface area is 243 Å². The van der Waals surface area contributed by atoms with Gasteiger partial charge in [-0.15, -0.1) is 0 Å². The van der Waals surface area contributed by atoms with Crippen LogP contribution in [0.5, 0.6) is 0 Å². The van der Waals surface area contributed by atoms with E-state index in [1.54, 1.807) is 0 Å². The third-order valence-electron chi connectivity index (χ3n) is 8.18. The standard InChI is InChI=1S/C36H39NO2S/c1-3-13-29(14-4-1)17-11-23-38-27-36(28-39-24-12-18-30-15-5-2-6-16-30)25-31(26-36)37-32-19-7-9-21-34(32)40-35-22-10-8-20-33(35)37/h1-10,13-16,19-22,31H,11-12,17-18,23-28H2. The lowest BCUT2D eigenvalue weighted by Gasteiger charge is -2.53. The van der Waals surface area contributed by atoms with Gasteiger partial charge in [0.2, 0.25) is 0 Å². The summed E-state index contributed by atoms with van der Waals surface area (Å²) < 4.78 is 12.7. The number of nitrogens with zero attached hydrogens (tertiary/aromatic N) is 1. The fourth-order valence-electron chi connectivity index (χ4n) is 6.15. The Kier molecular flexibility index (Phi) is 8.87. The van der Waals surface area contributed by atoms with Crippen LogP contribution in [0.25, 0.3) is 0 Å². The Bertz CT molecular complexity index is 1260. The maximum absolute atomic E-state index is 6.36. The number of hydrogen-bond donors (Lipinski definition) is 0. The maximum Gasteiger partial charge on any atom is 0.0555 e. The van der Waals surface area contributed by atoms with E-state index in [1.807, 2.05) is 11.8 Å². The van der Waals surface area contributed by atoms with E-state index in [2.05, 4.69) is 114 Å². The largest absolute Gasteiger partial charge is 0.381 e. The molecule has 1 aliphatic heterocycles. The smallest absolute Gasteiger partial charge is 0.0555 e. The Morgan fingerprint density at radius 1 is 0.600 bits per heavy atom. The van der Waals surface area contributed by atoms with E-state index in [9.17, 15) is 0 Å². The number of aryl methyl sites for hydroxylation is 2. The van der Waals surface area contributed by atoms with Crippen LogP contribution in [-0.4, -0.2) is 32.5 Å². The van der Waals surface area contributed by atoms with Crippen LogP contribution in [0.15, 0.2) is 119 Å². The summed E-state index contributed by atoms with van der Waals surface area (Å²) in [4.78, 5) is 5.27. The number of ether oxygens (including phenoxy) is 2. The highest BCUT2D eigenvalue weighted by molar-refractivity contribution is 7.99. The molecule has 4 heteroatoms. The van der Waals surface area contributed by atoms with Crippen LogP contribution in [-0.2, 0) is 22.3 Å². The molecule has 206 valence electrons. The van der Waals surface area contributed by atoms with E-state index in [1.165, 1.54) is 32.3 Å². The molecule has 1 aliphatic carbocycles. The molecule has 0 aromatic heterocycles. The van der Waals surface area contributed by atoms with Crippen LogP contribution in [0.2, 0.25) is 0 Å². The van der Waals surface area contributed by atoms with E-state index < -0.39 is 0 Å². The molecule has 2 aliphatic rings. The summed E-state index contributed by atoms with van der Waals surface area (Å²) in [5.41, 5.74) is 5.49. The fraction of sp³-hybridized carbons (Fsp3) is 0.333. The molecule has 0 unspecified atom stereocenters. The topological polar surface area (TPSA) is 21.7 Å². The minimum Gasteiger partial charge on any atom is -0.381 e. The predicted molar refractivity (Wildman–Crippen MR) is 166 cm³/mol. The molecule has 0 amide bonds. The Morgan fingerprint density at radius 3 is 1.55 bits per heavy atom. The molecule has 1 fully saturated rings. The lowest BCUT2D eigenvalue weighted by atomic mass is 9.65. The third-order valence-corrected chi connectivity index (χ3v) is 9.31. The minimum absolute atomic E-state index is 0.0681. The highest BCUT2D eigenvalue weighted by Crippen LogP contribution is 2.54. The van der Waals surface area contributed by atoms with E-state index in [4.69, 9.17) is 9.47 Å². The van der Waals surface area contributed by atoms with Gasteiger partial charge in [0.15, 0.2) is 0 Å². The molecule has 4 aromatic carbocycles. The first-order valence-corrected chi connectivity index (χ1v) is 15.5. The number of anilines is 2. The van der Waals surface area contributed by atoms with Gasteiger partial charge in [0.05, 0.1) is 24.6 Å². The van der Waals surface area contributed by atoms with Crippen molar-refractivity contribution in [3.8, 4) is 0 Å². The van der Waals surface area contributed by atoms with Crippen molar-refractivity contribution in [1.82, 2.24) is 0 Å². The van der Waals surface area contributed by atoms with Crippen LogP contribution in [0.3, 0.4) is 0 Å². The minimum atomic E-state index is 0.0681. The molecule has 3 nitrogen and oxygen atoms in total. The van der Waals surface area contributed by atoms with Gasteiger partial charge in [0, 0.05) is 34.5 Å². The molecule has 0 spiro atoms. The molecule has 0 atom stereocenters. The first kappa shape index (κ1) is 27.1. The molecule has 1 heterocycles. The molecular formula is C36H39NO2S. The number of benzene rings is 4. The van der Waals surface area contributed by atoms with Crippen LogP contribution in [0, 0.1) is 5.41 Å². The summed E-state index contributed by atoms with van der Waals surface area (Å²) in [7, 11) is 0. The van der Waals surface area contributed by atoms with Gasteiger partial charge < -0.3 is 14.4 Å². The SMILES string of the molecule is c1ccc(CCCOCC2(COCCCc3ccccc3)CC(N3c4ccccc4Sc4ccccc43)C2)cc1. The molecular weight excluding hydrogens is 510 g/mol. The predicted octanol–water partition coefficient (Wildman–Crippen LogP) is 8.74. The number of fused-ring (bicyclic) bond motifs is 2. The summed E-state index contributed by atoms with van der Waals surface area (Å²) in [6.07, 6.45) is 6.38. The highest BCUT2D eigenvalue weighted by Gasteiger charge is 2.48. The van der Waals surface area contributed by atoms with Gasteiger partial charge >= 0.3 is 0 Å². The summed E-state index contributed by atoms with van der Waals surface area (Å²) in [6, 6.07) is 39.6. The van der Waals surface area contributed by atoms with Crippen molar-refractivity contribution in [3.05, 3.63) is 120 Å². The van der Waals surface area contributed by atoms with Crippen molar-refractivity contribution in [2.45, 2.75) is 54.4 Å². The van der Waals surface area contributed by atoms with Gasteiger partial charge in [0.25, 0.3) is 0 Å². The second-order valence-electron chi connectivity index (χ2n) is 11.3. The molecule has 0 bridgehead atoms. The second-order valence-corrected chi connectivity index (χ2v) is 12.3. The van der Waals surface area contributed by atoms with Crippen LogP contribution in [0.4, 0.5) is 11.4 Å². The first-order valence-electron chi connectivity index (χ1n) is 14.7. The molecule has 40 heavy (non-hydrogen) atoms. The summed E-state index contributed by atoms with van der Waals surface area (Å²) in [5, 5.41) is 0. The van der Waals surface area contributed by atoms with Crippen molar-refractivity contribution in [2.24, 2.45) is 5.41 Å². The van der Waals surface area contributed by atoms with E-state index >= 15 is 0 Å². The van der Waals surface area contributed by atoms with Gasteiger partial charge in [-0.05, 0) is 73.9 Å². The van der Waals surface area contributed by atoms with Gasteiger partial charge in [-0.1, -0.05) is 96.7 Å². The second kappa shape index (κ2) is 13.1. The van der Waals surface area contributed by atoms with Crippen LogP contribution >= 0.6 is 11.8 Å². The zero-order valence-corrected chi connectivity index (χ0v) is 24.0. The number of hydrogen-bond acceptors (Lipinski definition) is 4. The molecule has 4 aromatic rings. The summed E-state index contributed by atoms with van der Waals surface area (Å²) in [5.74, 6) is 0. The average Bonchev–Trinajstić information content (AvgIpc) is 2.99. The van der Waals surface area contributed by atoms with E-state index in [0.717, 1.165) is 65.0 Å². The molecule has 0 N–H and O–H groups in total. The average molecular weight is 550 g/mol. The van der Waals surface area contributed by atoms with Crippen molar-refractivity contribution in [2.75, 3.05) is 31.3 Å². The van der Waals surface area contributed by atoms with Gasteiger partial charge in [-0.2, -0.15) is 0 Å². The van der Waals surface area contributed by atoms with Crippen molar-refractivity contribution in [3.63, 3.8) is 0 Å². The van der Waals surface area contributed by atoms with E-state index in [0.29, 0.717) is 6.04 Å². The zero-order chi connectivity index (χ0) is 27.0. The fourth-order valence-corrected chi connectivity index (χ4v) is 7.22. The van der Waals surface area contributed by atoms with Crippen LogP contribution < -0.4 is 4.90 Å². The van der Waals surface area contributed by atoms with Crippen molar-refractivity contribution >= 4 is 23.1 Å². The number of rotatable bonds is 13. The lowest BCUT2D eigenvalue weighted by Crippen LogP contribution is -2.54. The lowest BCUT2D eigenvalue weighted by molar-refractivity contribution is -0.0747. The third kappa shape index (κ3) is 6.46. The highest BCUT2D eigenvalue weighted by atomic mass is 32.2.